The van der Waals surface area contributed by atoms with Crippen molar-refractivity contribution in [3.05, 3.63) is 59.6 Å². The van der Waals surface area contributed by atoms with Crippen molar-refractivity contribution in [1.82, 2.24) is 4.90 Å². The average molecular weight is 332 g/mol. The van der Waals surface area contributed by atoms with Crippen LogP contribution in [0.3, 0.4) is 0 Å². The summed E-state index contributed by atoms with van der Waals surface area (Å²) in [5.74, 6) is 1.80. The molecule has 122 valence electrons. The SMILES string of the molecule is CC1(Oc2ccc(Cl)cc2)CCN(CCOc2ccccc2)C1. The molecular weight excluding hydrogens is 310 g/mol. The minimum absolute atomic E-state index is 0.152. The van der Waals surface area contributed by atoms with E-state index < -0.39 is 0 Å². The standard InChI is InChI=1S/C19H22ClNO2/c1-19(23-18-9-7-16(20)8-10-18)11-12-21(15-19)13-14-22-17-5-3-2-4-6-17/h2-10H,11-15H2,1H3. The van der Waals surface area contributed by atoms with Gasteiger partial charge in [0.2, 0.25) is 0 Å². The summed E-state index contributed by atoms with van der Waals surface area (Å²) in [5, 5.41) is 0.730. The Morgan fingerprint density at radius 1 is 1.04 bits per heavy atom. The number of ether oxygens (including phenoxy) is 2. The van der Waals surface area contributed by atoms with E-state index in [4.69, 9.17) is 21.1 Å². The van der Waals surface area contributed by atoms with E-state index in [0.29, 0.717) is 6.61 Å². The fourth-order valence-electron chi connectivity index (χ4n) is 2.90. The van der Waals surface area contributed by atoms with Gasteiger partial charge in [-0.3, -0.25) is 4.90 Å². The number of rotatable bonds is 6. The number of hydrogen-bond donors (Lipinski definition) is 0. The van der Waals surface area contributed by atoms with Gasteiger partial charge in [-0.25, -0.2) is 0 Å². The highest BCUT2D eigenvalue weighted by Crippen LogP contribution is 2.28. The topological polar surface area (TPSA) is 21.7 Å². The Kier molecular flexibility index (Phi) is 5.09. The zero-order valence-corrected chi connectivity index (χ0v) is 14.1. The Morgan fingerprint density at radius 2 is 1.78 bits per heavy atom. The van der Waals surface area contributed by atoms with Crippen LogP contribution < -0.4 is 9.47 Å². The van der Waals surface area contributed by atoms with Gasteiger partial charge in [0.25, 0.3) is 0 Å². The number of halogens is 1. The Morgan fingerprint density at radius 3 is 2.52 bits per heavy atom. The lowest BCUT2D eigenvalue weighted by atomic mass is 10.1. The first-order valence-electron chi connectivity index (χ1n) is 7.98. The molecule has 2 aromatic rings. The predicted octanol–water partition coefficient (Wildman–Crippen LogP) is 4.26. The van der Waals surface area contributed by atoms with Gasteiger partial charge < -0.3 is 9.47 Å². The summed E-state index contributed by atoms with van der Waals surface area (Å²) in [6.07, 6.45) is 1.01. The molecule has 3 nitrogen and oxygen atoms in total. The summed E-state index contributed by atoms with van der Waals surface area (Å²) in [5.41, 5.74) is -0.152. The maximum atomic E-state index is 6.17. The summed E-state index contributed by atoms with van der Waals surface area (Å²) >= 11 is 5.92. The third kappa shape index (κ3) is 4.63. The zero-order valence-electron chi connectivity index (χ0n) is 13.4. The van der Waals surface area contributed by atoms with Gasteiger partial charge in [0.05, 0.1) is 0 Å². The van der Waals surface area contributed by atoms with Crippen LogP contribution in [0.4, 0.5) is 0 Å². The van der Waals surface area contributed by atoms with E-state index in [1.165, 1.54) is 0 Å². The first-order chi connectivity index (χ1) is 11.1. The van der Waals surface area contributed by atoms with E-state index >= 15 is 0 Å². The van der Waals surface area contributed by atoms with Gasteiger partial charge in [0.15, 0.2) is 0 Å². The van der Waals surface area contributed by atoms with Gasteiger partial charge in [-0.05, 0) is 43.3 Å². The van der Waals surface area contributed by atoms with Gasteiger partial charge in [-0.15, -0.1) is 0 Å². The molecule has 0 radical (unpaired) electrons. The second kappa shape index (κ2) is 7.24. The maximum Gasteiger partial charge on any atom is 0.120 e. The second-order valence-corrected chi connectivity index (χ2v) is 6.63. The molecule has 0 N–H and O–H groups in total. The fraction of sp³-hybridized carbons (Fsp3) is 0.368. The number of para-hydroxylation sites is 1. The molecule has 1 fully saturated rings. The minimum atomic E-state index is -0.152. The molecule has 1 heterocycles. The van der Waals surface area contributed by atoms with E-state index in [9.17, 15) is 0 Å². The molecule has 1 unspecified atom stereocenters. The van der Waals surface area contributed by atoms with Crippen LogP contribution in [-0.4, -0.2) is 36.7 Å². The molecule has 0 amide bonds. The Hall–Kier alpha value is -1.71. The molecule has 0 spiro atoms. The Labute approximate surface area is 142 Å². The number of benzene rings is 2. The molecule has 1 aliphatic rings. The molecule has 0 saturated carbocycles. The lowest BCUT2D eigenvalue weighted by Crippen LogP contribution is -2.37. The van der Waals surface area contributed by atoms with Gasteiger partial charge in [-0.1, -0.05) is 29.8 Å². The molecule has 1 saturated heterocycles. The van der Waals surface area contributed by atoms with Crippen molar-refractivity contribution in [2.45, 2.75) is 18.9 Å². The number of nitrogens with zero attached hydrogens (tertiary/aromatic N) is 1. The van der Waals surface area contributed by atoms with Crippen molar-refractivity contribution >= 4 is 11.6 Å². The highest BCUT2D eigenvalue weighted by atomic mass is 35.5. The molecule has 1 atom stereocenters. The quantitative estimate of drug-likeness (QED) is 0.789. The summed E-state index contributed by atoms with van der Waals surface area (Å²) in [4.78, 5) is 2.39. The van der Waals surface area contributed by atoms with Crippen LogP contribution in [-0.2, 0) is 0 Å². The number of hydrogen-bond acceptors (Lipinski definition) is 3. The van der Waals surface area contributed by atoms with Crippen LogP contribution in [0.15, 0.2) is 54.6 Å². The van der Waals surface area contributed by atoms with Crippen LogP contribution >= 0.6 is 11.6 Å². The minimum Gasteiger partial charge on any atom is -0.492 e. The van der Waals surface area contributed by atoms with Crippen molar-refractivity contribution in [2.24, 2.45) is 0 Å². The van der Waals surface area contributed by atoms with Gasteiger partial charge in [0, 0.05) is 31.1 Å². The summed E-state index contributed by atoms with van der Waals surface area (Å²) < 4.78 is 11.9. The summed E-state index contributed by atoms with van der Waals surface area (Å²) in [6, 6.07) is 17.5. The third-order valence-corrected chi connectivity index (χ3v) is 4.36. The monoisotopic (exact) mass is 331 g/mol. The molecular formula is C19H22ClNO2. The molecule has 4 heteroatoms. The van der Waals surface area contributed by atoms with Crippen LogP contribution in [0.1, 0.15) is 13.3 Å². The van der Waals surface area contributed by atoms with Gasteiger partial charge in [0.1, 0.15) is 23.7 Å². The Bertz CT molecular complexity index is 617. The van der Waals surface area contributed by atoms with E-state index in [-0.39, 0.29) is 5.60 Å². The van der Waals surface area contributed by atoms with E-state index in [2.05, 4.69) is 11.8 Å². The van der Waals surface area contributed by atoms with Crippen molar-refractivity contribution in [2.75, 3.05) is 26.2 Å². The highest BCUT2D eigenvalue weighted by molar-refractivity contribution is 6.30. The lowest BCUT2D eigenvalue weighted by molar-refractivity contribution is 0.0935. The van der Waals surface area contributed by atoms with Crippen molar-refractivity contribution in [3.8, 4) is 11.5 Å². The lowest BCUT2D eigenvalue weighted by Gasteiger charge is -2.26. The van der Waals surface area contributed by atoms with E-state index in [0.717, 1.165) is 42.6 Å². The molecule has 3 rings (SSSR count). The molecule has 1 aliphatic heterocycles. The molecule has 2 aromatic carbocycles. The van der Waals surface area contributed by atoms with Crippen LogP contribution in [0.25, 0.3) is 0 Å². The third-order valence-electron chi connectivity index (χ3n) is 4.11. The summed E-state index contributed by atoms with van der Waals surface area (Å²) in [7, 11) is 0. The predicted molar refractivity (Wildman–Crippen MR) is 93.5 cm³/mol. The molecule has 0 bridgehead atoms. The largest absolute Gasteiger partial charge is 0.492 e. The highest BCUT2D eigenvalue weighted by Gasteiger charge is 2.35. The van der Waals surface area contributed by atoms with Crippen molar-refractivity contribution in [1.29, 1.82) is 0 Å². The van der Waals surface area contributed by atoms with Crippen LogP contribution in [0, 0.1) is 0 Å². The van der Waals surface area contributed by atoms with Gasteiger partial charge in [-0.2, -0.15) is 0 Å². The van der Waals surface area contributed by atoms with Crippen LogP contribution in [0.2, 0.25) is 5.02 Å². The van der Waals surface area contributed by atoms with Crippen molar-refractivity contribution < 1.29 is 9.47 Å². The number of likely N-dealkylation sites (tertiary alicyclic amines) is 1. The first-order valence-corrected chi connectivity index (χ1v) is 8.36. The molecule has 0 aliphatic carbocycles. The Balaban J connectivity index is 1.46. The fourth-order valence-corrected chi connectivity index (χ4v) is 3.02. The van der Waals surface area contributed by atoms with E-state index in [1.807, 2.05) is 54.6 Å². The summed E-state index contributed by atoms with van der Waals surface area (Å²) in [6.45, 7) is 5.71. The van der Waals surface area contributed by atoms with E-state index in [1.54, 1.807) is 0 Å². The maximum absolute atomic E-state index is 6.17. The second-order valence-electron chi connectivity index (χ2n) is 6.19. The normalized spacial score (nSPS) is 21.3. The first kappa shape index (κ1) is 16.2. The van der Waals surface area contributed by atoms with Gasteiger partial charge >= 0.3 is 0 Å². The van der Waals surface area contributed by atoms with Crippen LogP contribution in [0.5, 0.6) is 11.5 Å². The average Bonchev–Trinajstić information content (AvgIpc) is 2.92. The molecule has 23 heavy (non-hydrogen) atoms. The molecule has 0 aromatic heterocycles. The zero-order chi connectivity index (χ0) is 16.1. The smallest absolute Gasteiger partial charge is 0.120 e. The van der Waals surface area contributed by atoms with Crippen molar-refractivity contribution in [3.63, 3.8) is 0 Å².